The molecule has 162 valence electrons. The van der Waals surface area contributed by atoms with E-state index in [9.17, 15) is 40.4 Å². The summed E-state index contributed by atoms with van der Waals surface area (Å²) < 4.78 is 0. The zero-order valence-electron chi connectivity index (χ0n) is 17.1. The van der Waals surface area contributed by atoms with Crippen LogP contribution in [0, 0.1) is 23.2 Å². The van der Waals surface area contributed by atoms with Crippen LogP contribution in [0.5, 0.6) is 5.75 Å². The van der Waals surface area contributed by atoms with Crippen LogP contribution in [-0.2, 0) is 15.2 Å². The van der Waals surface area contributed by atoms with Crippen molar-refractivity contribution in [3.63, 3.8) is 0 Å². The van der Waals surface area contributed by atoms with Gasteiger partial charge < -0.3 is 25.5 Å². The van der Waals surface area contributed by atoms with E-state index in [1.54, 1.807) is 20.2 Å². The van der Waals surface area contributed by atoms with Gasteiger partial charge in [0, 0.05) is 17.4 Å². The number of aromatic hydroxyl groups is 1. The van der Waals surface area contributed by atoms with Crippen molar-refractivity contribution in [1.82, 2.24) is 4.90 Å². The molecule has 0 aliphatic heterocycles. The highest BCUT2D eigenvalue weighted by molar-refractivity contribution is 6.15. The molecule has 0 spiro atoms. The summed E-state index contributed by atoms with van der Waals surface area (Å²) in [6.07, 6.45) is -0.152. The normalized spacial score (nSPS) is 34.9. The van der Waals surface area contributed by atoms with E-state index in [1.165, 1.54) is 30.0 Å². The number of ketones is 2. The van der Waals surface area contributed by atoms with Crippen molar-refractivity contribution in [1.29, 1.82) is 5.26 Å². The Bertz CT molecular complexity index is 1140. The molecular weight excluding hydrogens is 404 g/mol. The Kier molecular flexibility index (Phi) is 4.35. The molecule has 31 heavy (non-hydrogen) atoms. The third-order valence-corrected chi connectivity index (χ3v) is 6.89. The number of Topliss-reactive ketones (excluding diaryl/α,β-unsaturated/α-hetero) is 2. The predicted octanol–water partition coefficient (Wildman–Crippen LogP) is 0.667. The molecule has 1 saturated carbocycles. The highest BCUT2D eigenvalue weighted by Gasteiger charge is 2.66. The monoisotopic (exact) mass is 426 g/mol. The molecule has 5 atom stereocenters. The van der Waals surface area contributed by atoms with E-state index in [0.29, 0.717) is 0 Å². The third-order valence-electron chi connectivity index (χ3n) is 6.89. The van der Waals surface area contributed by atoms with Gasteiger partial charge in [0.2, 0.25) is 5.78 Å². The molecule has 0 radical (unpaired) electrons. The van der Waals surface area contributed by atoms with Gasteiger partial charge in [-0.15, -0.1) is 0 Å². The van der Waals surface area contributed by atoms with Gasteiger partial charge in [-0.05, 0) is 39.1 Å². The van der Waals surface area contributed by atoms with Gasteiger partial charge in [0.05, 0.1) is 17.2 Å². The molecule has 9 nitrogen and oxygen atoms in total. The minimum absolute atomic E-state index is 0.144. The SMILES string of the molecule is CN(C)[C@@H]1C(=O)C(C#N)=C(O)[C@@]2(O)C(=O)C3=C(O)c4c(O)cccc4[C@@](C)(O)[C@H]3C[C@@H]12. The molecule has 0 unspecified atom stereocenters. The second kappa shape index (κ2) is 6.40. The average molecular weight is 426 g/mol. The lowest BCUT2D eigenvalue weighted by atomic mass is 9.54. The number of likely N-dealkylation sites (N-methyl/N-ethyl adjacent to an activating group) is 1. The number of nitriles is 1. The van der Waals surface area contributed by atoms with Crippen LogP contribution in [0.1, 0.15) is 24.5 Å². The fourth-order valence-electron chi connectivity index (χ4n) is 5.37. The lowest BCUT2D eigenvalue weighted by Crippen LogP contribution is -2.66. The van der Waals surface area contributed by atoms with Gasteiger partial charge in [0.25, 0.3) is 0 Å². The maximum absolute atomic E-state index is 13.6. The van der Waals surface area contributed by atoms with E-state index in [-0.39, 0.29) is 28.9 Å². The van der Waals surface area contributed by atoms with E-state index in [2.05, 4.69) is 0 Å². The van der Waals surface area contributed by atoms with Crippen molar-refractivity contribution < 1.29 is 35.1 Å². The molecule has 0 aromatic heterocycles. The molecule has 0 heterocycles. The Morgan fingerprint density at radius 3 is 2.39 bits per heavy atom. The van der Waals surface area contributed by atoms with Gasteiger partial charge in [-0.3, -0.25) is 14.5 Å². The number of phenols is 1. The van der Waals surface area contributed by atoms with Gasteiger partial charge in [0.1, 0.15) is 23.2 Å². The molecule has 0 amide bonds. The summed E-state index contributed by atoms with van der Waals surface area (Å²) in [5.74, 6) is -6.13. The van der Waals surface area contributed by atoms with Gasteiger partial charge in [-0.25, -0.2) is 0 Å². The lowest BCUT2D eigenvalue weighted by Gasteiger charge is -2.52. The number of carbonyl (C=O) groups excluding carboxylic acids is 2. The van der Waals surface area contributed by atoms with E-state index in [4.69, 9.17) is 0 Å². The Morgan fingerprint density at radius 2 is 1.81 bits per heavy atom. The van der Waals surface area contributed by atoms with Crippen LogP contribution in [-0.4, -0.2) is 67.7 Å². The molecule has 1 fully saturated rings. The molecule has 3 aliphatic carbocycles. The summed E-state index contributed by atoms with van der Waals surface area (Å²) in [7, 11) is 3.08. The first-order valence-electron chi connectivity index (χ1n) is 9.70. The van der Waals surface area contributed by atoms with Gasteiger partial charge in [-0.1, -0.05) is 12.1 Å². The number of rotatable bonds is 1. The minimum Gasteiger partial charge on any atom is -0.507 e. The summed E-state index contributed by atoms with van der Waals surface area (Å²) in [5, 5.41) is 64.1. The number of nitrogens with zero attached hydrogens (tertiary/aromatic N) is 2. The Morgan fingerprint density at radius 1 is 1.16 bits per heavy atom. The maximum atomic E-state index is 13.6. The summed E-state index contributed by atoms with van der Waals surface area (Å²) in [5.41, 5.74) is -5.43. The van der Waals surface area contributed by atoms with E-state index >= 15 is 0 Å². The molecule has 4 rings (SSSR count). The van der Waals surface area contributed by atoms with Gasteiger partial charge >= 0.3 is 0 Å². The number of benzene rings is 1. The van der Waals surface area contributed by atoms with Crippen molar-refractivity contribution >= 4 is 17.3 Å². The van der Waals surface area contributed by atoms with Crippen LogP contribution < -0.4 is 0 Å². The number of aliphatic hydroxyl groups is 4. The summed E-state index contributed by atoms with van der Waals surface area (Å²) in [6.45, 7) is 1.42. The number of hydrogen-bond donors (Lipinski definition) is 5. The predicted molar refractivity (Wildman–Crippen MR) is 107 cm³/mol. The largest absolute Gasteiger partial charge is 0.507 e. The number of fused-ring (bicyclic) bond motifs is 3. The first kappa shape index (κ1) is 21.1. The zero-order valence-corrected chi connectivity index (χ0v) is 17.1. The first-order valence-corrected chi connectivity index (χ1v) is 9.70. The highest BCUT2D eigenvalue weighted by Crippen LogP contribution is 2.57. The van der Waals surface area contributed by atoms with Crippen molar-refractivity contribution in [2.24, 2.45) is 11.8 Å². The summed E-state index contributed by atoms with van der Waals surface area (Å²) >= 11 is 0. The minimum atomic E-state index is -2.65. The van der Waals surface area contributed by atoms with E-state index in [0.717, 1.165) is 0 Å². The highest BCUT2D eigenvalue weighted by atomic mass is 16.3. The first-order chi connectivity index (χ1) is 14.4. The van der Waals surface area contributed by atoms with Crippen LogP contribution in [0.2, 0.25) is 0 Å². The molecular formula is C22H22N2O7. The molecule has 5 N–H and O–H groups in total. The fourth-order valence-corrected chi connectivity index (χ4v) is 5.37. The topological polar surface area (TPSA) is 162 Å². The molecule has 0 saturated heterocycles. The Balaban J connectivity index is 2.05. The van der Waals surface area contributed by atoms with Crippen LogP contribution in [0.25, 0.3) is 5.76 Å². The third kappa shape index (κ3) is 2.41. The standard InChI is InChI=1S/C22H22N2O7/c1-21(30)10-5-4-6-13(25)14(10)18(27)15-11(21)7-12-16(24(2)3)17(26)9(8-23)19(28)22(12,31)20(15)29/h4-6,11-12,16,25,27-28,30-31H,7H2,1-3H3/t11-,12-,16-,21+,22+/m0/s1. The Labute approximate surface area is 177 Å². The lowest BCUT2D eigenvalue weighted by molar-refractivity contribution is -0.158. The average Bonchev–Trinajstić information content (AvgIpc) is 2.69. The van der Waals surface area contributed by atoms with Crippen LogP contribution in [0.3, 0.4) is 0 Å². The molecule has 1 aromatic rings. The number of phenolic OH excluding ortho intramolecular Hbond substituents is 1. The van der Waals surface area contributed by atoms with E-state index < -0.39 is 57.7 Å². The second-order valence-corrected chi connectivity index (χ2v) is 8.71. The molecule has 1 aromatic carbocycles. The van der Waals surface area contributed by atoms with E-state index in [1.807, 2.05) is 0 Å². The zero-order chi connectivity index (χ0) is 23.0. The van der Waals surface area contributed by atoms with Crippen molar-refractivity contribution in [3.05, 3.63) is 46.2 Å². The van der Waals surface area contributed by atoms with Crippen LogP contribution in [0.15, 0.2) is 35.1 Å². The van der Waals surface area contributed by atoms with Crippen molar-refractivity contribution in [2.45, 2.75) is 30.6 Å². The smallest absolute Gasteiger partial charge is 0.202 e. The quantitative estimate of drug-likeness (QED) is 0.434. The summed E-state index contributed by atoms with van der Waals surface area (Å²) in [6, 6.07) is 4.72. The van der Waals surface area contributed by atoms with Crippen LogP contribution in [0.4, 0.5) is 0 Å². The van der Waals surface area contributed by atoms with Gasteiger partial charge in [0.15, 0.2) is 17.1 Å². The summed E-state index contributed by atoms with van der Waals surface area (Å²) in [4.78, 5) is 27.9. The van der Waals surface area contributed by atoms with Crippen molar-refractivity contribution in [3.8, 4) is 11.8 Å². The Hall–Kier alpha value is -3.19. The molecule has 3 aliphatic rings. The number of hydrogen-bond acceptors (Lipinski definition) is 9. The number of aliphatic hydroxyl groups excluding tert-OH is 2. The molecule has 0 bridgehead atoms. The fraction of sp³-hybridized carbons (Fsp3) is 0.409. The van der Waals surface area contributed by atoms with Gasteiger partial charge in [-0.2, -0.15) is 5.26 Å². The maximum Gasteiger partial charge on any atom is 0.202 e. The second-order valence-electron chi connectivity index (χ2n) is 8.71. The van der Waals surface area contributed by atoms with Crippen molar-refractivity contribution in [2.75, 3.05) is 14.1 Å². The molecule has 9 heteroatoms. The van der Waals surface area contributed by atoms with Crippen LogP contribution >= 0.6 is 0 Å². The number of carbonyl (C=O) groups is 2.